The van der Waals surface area contributed by atoms with Gasteiger partial charge in [0.1, 0.15) is 5.82 Å². The van der Waals surface area contributed by atoms with Gasteiger partial charge >= 0.3 is 5.97 Å². The summed E-state index contributed by atoms with van der Waals surface area (Å²) in [5.41, 5.74) is 0.957. The number of benzene rings is 2. The first-order chi connectivity index (χ1) is 9.88. The van der Waals surface area contributed by atoms with Gasteiger partial charge in [0.05, 0.1) is 11.1 Å². The summed E-state index contributed by atoms with van der Waals surface area (Å²) >= 11 is 3.11. The van der Waals surface area contributed by atoms with Crippen LogP contribution in [-0.4, -0.2) is 17.0 Å². The molecular formula is C15H11BrFNO3. The van der Waals surface area contributed by atoms with E-state index in [1.54, 1.807) is 19.1 Å². The first-order valence-corrected chi connectivity index (χ1v) is 6.78. The van der Waals surface area contributed by atoms with Gasteiger partial charge in [-0.05, 0) is 42.8 Å². The molecule has 0 aliphatic heterocycles. The maximum absolute atomic E-state index is 13.7. The fourth-order valence-corrected chi connectivity index (χ4v) is 2.09. The second-order valence-corrected chi connectivity index (χ2v) is 5.33. The molecule has 0 atom stereocenters. The highest BCUT2D eigenvalue weighted by atomic mass is 79.9. The summed E-state index contributed by atoms with van der Waals surface area (Å²) in [5, 5.41) is 11.5. The van der Waals surface area contributed by atoms with Crippen LogP contribution in [-0.2, 0) is 0 Å². The van der Waals surface area contributed by atoms with E-state index in [4.69, 9.17) is 5.11 Å². The van der Waals surface area contributed by atoms with E-state index in [9.17, 15) is 14.0 Å². The third kappa shape index (κ3) is 3.46. The van der Waals surface area contributed by atoms with Crippen LogP contribution < -0.4 is 5.32 Å². The van der Waals surface area contributed by atoms with E-state index in [0.717, 1.165) is 0 Å². The summed E-state index contributed by atoms with van der Waals surface area (Å²) in [6, 6.07) is 8.45. The van der Waals surface area contributed by atoms with Crippen molar-refractivity contribution >= 4 is 33.5 Å². The molecule has 0 aliphatic rings. The maximum atomic E-state index is 13.7. The lowest BCUT2D eigenvalue weighted by Gasteiger charge is -2.10. The predicted octanol–water partition coefficient (Wildman–Crippen LogP) is 3.85. The molecule has 0 spiro atoms. The Bertz CT molecular complexity index is 731. The lowest BCUT2D eigenvalue weighted by molar-refractivity contribution is 0.0696. The van der Waals surface area contributed by atoms with E-state index in [0.29, 0.717) is 15.7 Å². The van der Waals surface area contributed by atoms with E-state index in [1.807, 2.05) is 0 Å². The number of amides is 1. The normalized spacial score (nSPS) is 10.2. The van der Waals surface area contributed by atoms with Crippen molar-refractivity contribution in [1.82, 2.24) is 0 Å². The third-order valence-corrected chi connectivity index (χ3v) is 3.40. The van der Waals surface area contributed by atoms with E-state index >= 15 is 0 Å². The fraction of sp³-hybridized carbons (Fsp3) is 0.0667. The maximum Gasteiger partial charge on any atom is 0.335 e. The van der Waals surface area contributed by atoms with Crippen molar-refractivity contribution in [2.75, 3.05) is 5.32 Å². The topological polar surface area (TPSA) is 66.4 Å². The highest BCUT2D eigenvalue weighted by molar-refractivity contribution is 9.10. The number of anilines is 1. The standard InChI is InChI=1S/C15H11BrFNO3/c1-8-2-3-9(15(20)21)6-13(8)18-14(19)11-5-4-10(16)7-12(11)17/h2-7H,1H3,(H,18,19)(H,20,21). The largest absolute Gasteiger partial charge is 0.478 e. The first-order valence-electron chi connectivity index (χ1n) is 5.99. The molecule has 2 N–H and O–H groups in total. The summed E-state index contributed by atoms with van der Waals surface area (Å²) in [5.74, 6) is -2.39. The minimum Gasteiger partial charge on any atom is -0.478 e. The summed E-state index contributed by atoms with van der Waals surface area (Å²) in [7, 11) is 0. The molecule has 0 heterocycles. The Labute approximate surface area is 128 Å². The number of hydrogen-bond acceptors (Lipinski definition) is 2. The number of hydrogen-bond donors (Lipinski definition) is 2. The van der Waals surface area contributed by atoms with Crippen LogP contribution in [0.25, 0.3) is 0 Å². The molecule has 0 saturated heterocycles. The van der Waals surface area contributed by atoms with Crippen LogP contribution in [0, 0.1) is 12.7 Å². The molecule has 6 heteroatoms. The molecule has 0 fully saturated rings. The summed E-state index contributed by atoms with van der Waals surface area (Å²) < 4.78 is 14.3. The van der Waals surface area contributed by atoms with Crippen molar-refractivity contribution in [2.24, 2.45) is 0 Å². The molecular weight excluding hydrogens is 341 g/mol. The van der Waals surface area contributed by atoms with Crippen LogP contribution in [0.2, 0.25) is 0 Å². The number of carboxylic acid groups (broad SMARTS) is 1. The van der Waals surface area contributed by atoms with Gasteiger partial charge in [0.15, 0.2) is 0 Å². The number of aryl methyl sites for hydroxylation is 1. The number of aromatic carboxylic acids is 1. The zero-order valence-electron chi connectivity index (χ0n) is 11.0. The highest BCUT2D eigenvalue weighted by Gasteiger charge is 2.14. The summed E-state index contributed by atoms with van der Waals surface area (Å²) in [6.45, 7) is 1.72. The molecule has 2 aromatic carbocycles. The molecule has 21 heavy (non-hydrogen) atoms. The van der Waals surface area contributed by atoms with Crippen LogP contribution in [0.1, 0.15) is 26.3 Å². The zero-order valence-corrected chi connectivity index (χ0v) is 12.6. The van der Waals surface area contributed by atoms with Crippen molar-refractivity contribution in [3.8, 4) is 0 Å². The van der Waals surface area contributed by atoms with Gasteiger partial charge in [-0.2, -0.15) is 0 Å². The molecule has 4 nitrogen and oxygen atoms in total. The minimum atomic E-state index is -1.10. The number of carbonyl (C=O) groups is 2. The fourth-order valence-electron chi connectivity index (χ4n) is 1.75. The number of carbonyl (C=O) groups excluding carboxylic acids is 1. The van der Waals surface area contributed by atoms with Gasteiger partial charge in [0, 0.05) is 10.2 Å². The van der Waals surface area contributed by atoms with E-state index < -0.39 is 17.7 Å². The smallest absolute Gasteiger partial charge is 0.335 e. The quantitative estimate of drug-likeness (QED) is 0.882. The van der Waals surface area contributed by atoms with Gasteiger partial charge in [-0.25, -0.2) is 9.18 Å². The SMILES string of the molecule is Cc1ccc(C(=O)O)cc1NC(=O)c1ccc(Br)cc1F. The van der Waals surface area contributed by atoms with Crippen LogP contribution in [0.4, 0.5) is 10.1 Å². The van der Waals surface area contributed by atoms with Crippen LogP contribution >= 0.6 is 15.9 Å². The van der Waals surface area contributed by atoms with Crippen molar-refractivity contribution < 1.29 is 19.1 Å². The van der Waals surface area contributed by atoms with E-state index in [-0.39, 0.29) is 11.1 Å². The van der Waals surface area contributed by atoms with E-state index in [2.05, 4.69) is 21.2 Å². The van der Waals surface area contributed by atoms with Gasteiger partial charge in [-0.3, -0.25) is 4.79 Å². The minimum absolute atomic E-state index is 0.0483. The molecule has 0 saturated carbocycles. The Balaban J connectivity index is 2.31. The lowest BCUT2D eigenvalue weighted by Crippen LogP contribution is -2.15. The van der Waals surface area contributed by atoms with Crippen LogP contribution in [0.15, 0.2) is 40.9 Å². The summed E-state index contributed by atoms with van der Waals surface area (Å²) in [6.07, 6.45) is 0. The highest BCUT2D eigenvalue weighted by Crippen LogP contribution is 2.20. The molecule has 0 bridgehead atoms. The Kier molecular flexibility index (Phi) is 4.37. The second-order valence-electron chi connectivity index (χ2n) is 4.41. The third-order valence-electron chi connectivity index (χ3n) is 2.91. The Morgan fingerprint density at radius 1 is 1.19 bits per heavy atom. The Morgan fingerprint density at radius 3 is 2.52 bits per heavy atom. The monoisotopic (exact) mass is 351 g/mol. The second kappa shape index (κ2) is 6.05. The zero-order chi connectivity index (χ0) is 15.6. The van der Waals surface area contributed by atoms with Crippen molar-refractivity contribution in [1.29, 1.82) is 0 Å². The molecule has 0 unspecified atom stereocenters. The molecule has 0 aliphatic carbocycles. The molecule has 108 valence electrons. The average Bonchev–Trinajstić information content (AvgIpc) is 2.40. The van der Waals surface area contributed by atoms with Gasteiger partial charge in [0.25, 0.3) is 5.91 Å². The van der Waals surface area contributed by atoms with Gasteiger partial charge in [-0.15, -0.1) is 0 Å². The molecule has 0 radical (unpaired) electrons. The number of carboxylic acids is 1. The number of rotatable bonds is 3. The van der Waals surface area contributed by atoms with Gasteiger partial charge < -0.3 is 10.4 Å². The molecule has 2 aromatic rings. The van der Waals surface area contributed by atoms with Crippen molar-refractivity contribution in [3.05, 3.63) is 63.4 Å². The van der Waals surface area contributed by atoms with Crippen molar-refractivity contribution in [2.45, 2.75) is 6.92 Å². The number of halogens is 2. The van der Waals surface area contributed by atoms with Crippen LogP contribution in [0.3, 0.4) is 0 Å². The predicted molar refractivity (Wildman–Crippen MR) is 80.2 cm³/mol. The Morgan fingerprint density at radius 2 is 1.90 bits per heavy atom. The number of nitrogens with one attached hydrogen (secondary N) is 1. The van der Waals surface area contributed by atoms with Crippen molar-refractivity contribution in [3.63, 3.8) is 0 Å². The lowest BCUT2D eigenvalue weighted by atomic mass is 10.1. The van der Waals surface area contributed by atoms with E-state index in [1.165, 1.54) is 24.3 Å². The molecule has 2 rings (SSSR count). The Hall–Kier alpha value is -2.21. The van der Waals surface area contributed by atoms with Crippen LogP contribution in [0.5, 0.6) is 0 Å². The molecule has 0 aromatic heterocycles. The summed E-state index contributed by atoms with van der Waals surface area (Å²) in [4.78, 5) is 23.0. The average molecular weight is 352 g/mol. The molecule has 1 amide bonds. The first kappa shape index (κ1) is 15.2. The van der Waals surface area contributed by atoms with Gasteiger partial charge in [-0.1, -0.05) is 22.0 Å². The van der Waals surface area contributed by atoms with Gasteiger partial charge in [0.2, 0.25) is 0 Å².